The zero-order chi connectivity index (χ0) is 12.1. The van der Waals surface area contributed by atoms with Crippen molar-refractivity contribution in [1.29, 1.82) is 0 Å². The van der Waals surface area contributed by atoms with Gasteiger partial charge in [0.2, 0.25) is 0 Å². The van der Waals surface area contributed by atoms with Crippen LogP contribution in [0.15, 0.2) is 18.2 Å². The van der Waals surface area contributed by atoms with Gasteiger partial charge in [-0.3, -0.25) is 4.79 Å². The lowest BCUT2D eigenvalue weighted by molar-refractivity contribution is -0.128. The molecule has 1 atom stereocenters. The van der Waals surface area contributed by atoms with Crippen molar-refractivity contribution in [3.05, 3.63) is 34.3 Å². The van der Waals surface area contributed by atoms with Gasteiger partial charge in [0.05, 0.1) is 0 Å². The van der Waals surface area contributed by atoms with Crippen LogP contribution >= 0.6 is 11.6 Å². The van der Waals surface area contributed by atoms with Gasteiger partial charge in [0.25, 0.3) is 0 Å². The molecule has 16 heavy (non-hydrogen) atoms. The molecule has 1 aromatic carbocycles. The van der Waals surface area contributed by atoms with E-state index in [0.29, 0.717) is 17.9 Å². The molecule has 0 spiro atoms. The molecule has 0 radical (unpaired) electrons. The second-order valence-electron chi connectivity index (χ2n) is 3.87. The maximum absolute atomic E-state index is 11.8. The quantitative estimate of drug-likeness (QED) is 0.790. The summed E-state index contributed by atoms with van der Waals surface area (Å²) in [7, 11) is 1.56. The fourth-order valence-corrected chi connectivity index (χ4v) is 1.92. The van der Waals surface area contributed by atoms with E-state index in [0.717, 1.165) is 11.1 Å². The highest BCUT2D eigenvalue weighted by Gasteiger charge is 2.16. The van der Waals surface area contributed by atoms with E-state index in [2.05, 4.69) is 0 Å². The molecule has 0 fully saturated rings. The zero-order valence-corrected chi connectivity index (χ0v) is 10.7. The molecule has 1 aromatic rings. The van der Waals surface area contributed by atoms with Gasteiger partial charge < -0.3 is 4.74 Å². The van der Waals surface area contributed by atoms with Crippen LogP contribution in [0.4, 0.5) is 0 Å². The average Bonchev–Trinajstić information content (AvgIpc) is 2.24. The van der Waals surface area contributed by atoms with Gasteiger partial charge in [0.1, 0.15) is 6.10 Å². The summed E-state index contributed by atoms with van der Waals surface area (Å²) >= 11 is 6.07. The number of hydrogen-bond donors (Lipinski definition) is 0. The second-order valence-corrected chi connectivity index (χ2v) is 4.28. The molecule has 0 saturated heterocycles. The van der Waals surface area contributed by atoms with Crippen LogP contribution in [-0.2, 0) is 16.0 Å². The van der Waals surface area contributed by atoms with Crippen molar-refractivity contribution in [2.24, 2.45) is 0 Å². The number of carbonyl (C=O) groups is 1. The number of ketones is 1. The van der Waals surface area contributed by atoms with Crippen molar-refractivity contribution in [1.82, 2.24) is 0 Å². The van der Waals surface area contributed by atoms with Crippen molar-refractivity contribution in [3.63, 3.8) is 0 Å². The zero-order valence-electron chi connectivity index (χ0n) is 9.92. The van der Waals surface area contributed by atoms with E-state index in [9.17, 15) is 4.79 Å². The van der Waals surface area contributed by atoms with E-state index >= 15 is 0 Å². The van der Waals surface area contributed by atoms with Crippen LogP contribution in [0.3, 0.4) is 0 Å². The second kappa shape index (κ2) is 6.02. The van der Waals surface area contributed by atoms with E-state index in [4.69, 9.17) is 16.3 Å². The molecule has 0 heterocycles. The number of methoxy groups -OCH3 is 1. The van der Waals surface area contributed by atoms with E-state index in [1.54, 1.807) is 7.11 Å². The van der Waals surface area contributed by atoms with E-state index < -0.39 is 0 Å². The summed E-state index contributed by atoms with van der Waals surface area (Å²) in [4.78, 5) is 11.8. The SMILES string of the molecule is CCC(OC)C(=O)Cc1ccc(C)cc1Cl. The minimum absolute atomic E-state index is 0.0794. The third-order valence-corrected chi connectivity index (χ3v) is 2.94. The Labute approximate surface area is 102 Å². The molecule has 1 unspecified atom stereocenters. The van der Waals surface area contributed by atoms with Crippen LogP contribution in [0, 0.1) is 6.92 Å². The maximum Gasteiger partial charge on any atom is 0.165 e. The highest BCUT2D eigenvalue weighted by Crippen LogP contribution is 2.19. The number of carbonyl (C=O) groups excluding carboxylic acids is 1. The van der Waals surface area contributed by atoms with Gasteiger partial charge in [-0.15, -0.1) is 0 Å². The summed E-state index contributed by atoms with van der Waals surface area (Å²) in [5.41, 5.74) is 1.97. The van der Waals surface area contributed by atoms with Crippen molar-refractivity contribution in [2.75, 3.05) is 7.11 Å². The Morgan fingerprint density at radius 2 is 2.19 bits per heavy atom. The van der Waals surface area contributed by atoms with Crippen LogP contribution in [0.2, 0.25) is 5.02 Å². The molecular formula is C13H17ClO2. The predicted molar refractivity (Wildman–Crippen MR) is 66.0 cm³/mol. The Bertz CT molecular complexity index is 370. The van der Waals surface area contributed by atoms with Crippen molar-refractivity contribution in [3.8, 4) is 0 Å². The Morgan fingerprint density at radius 3 is 2.69 bits per heavy atom. The van der Waals surface area contributed by atoms with Gasteiger partial charge in [-0.05, 0) is 30.5 Å². The van der Waals surface area contributed by atoms with Gasteiger partial charge >= 0.3 is 0 Å². The van der Waals surface area contributed by atoms with Crippen LogP contribution in [0.25, 0.3) is 0 Å². The molecule has 0 aliphatic carbocycles. The first kappa shape index (κ1) is 13.2. The van der Waals surface area contributed by atoms with Crippen molar-refractivity contribution in [2.45, 2.75) is 32.8 Å². The molecule has 0 amide bonds. The maximum atomic E-state index is 11.8. The molecule has 0 aliphatic rings. The highest BCUT2D eigenvalue weighted by atomic mass is 35.5. The van der Waals surface area contributed by atoms with E-state index in [1.807, 2.05) is 32.0 Å². The molecular weight excluding hydrogens is 224 g/mol. The molecule has 0 N–H and O–H groups in total. The lowest BCUT2D eigenvalue weighted by Gasteiger charge is -2.12. The Balaban J connectivity index is 2.76. The number of ether oxygens (including phenoxy) is 1. The number of benzene rings is 1. The molecule has 1 rings (SSSR count). The predicted octanol–water partition coefficient (Wildman–Crippen LogP) is 3.19. The summed E-state index contributed by atoms with van der Waals surface area (Å²) in [6.07, 6.45) is 0.710. The smallest absolute Gasteiger partial charge is 0.165 e. The fraction of sp³-hybridized carbons (Fsp3) is 0.462. The highest BCUT2D eigenvalue weighted by molar-refractivity contribution is 6.31. The summed E-state index contributed by atoms with van der Waals surface area (Å²) in [5.74, 6) is 0.0794. The van der Waals surface area contributed by atoms with Gasteiger partial charge in [0.15, 0.2) is 5.78 Å². The first-order valence-corrected chi connectivity index (χ1v) is 5.76. The molecule has 2 nitrogen and oxygen atoms in total. The molecule has 0 saturated carbocycles. The third-order valence-electron chi connectivity index (χ3n) is 2.59. The monoisotopic (exact) mass is 240 g/mol. The van der Waals surface area contributed by atoms with Crippen LogP contribution in [-0.4, -0.2) is 19.0 Å². The van der Waals surface area contributed by atoms with Gasteiger partial charge in [-0.25, -0.2) is 0 Å². The fourth-order valence-electron chi connectivity index (χ4n) is 1.62. The molecule has 88 valence electrons. The topological polar surface area (TPSA) is 26.3 Å². The normalized spacial score (nSPS) is 12.5. The summed E-state index contributed by atoms with van der Waals surface area (Å²) in [6.45, 7) is 3.91. The number of rotatable bonds is 5. The number of Topliss-reactive ketones (excluding diaryl/α,β-unsaturated/α-hetero) is 1. The standard InChI is InChI=1S/C13H17ClO2/c1-4-13(16-3)12(15)8-10-6-5-9(2)7-11(10)14/h5-7,13H,4,8H2,1-3H3. The number of aryl methyl sites for hydroxylation is 1. The minimum Gasteiger partial charge on any atom is -0.374 e. The van der Waals surface area contributed by atoms with E-state index in [1.165, 1.54) is 0 Å². The van der Waals surface area contributed by atoms with Gasteiger partial charge in [-0.2, -0.15) is 0 Å². The minimum atomic E-state index is -0.322. The van der Waals surface area contributed by atoms with Gasteiger partial charge in [0, 0.05) is 18.6 Å². The first-order chi connectivity index (χ1) is 7.58. The summed E-state index contributed by atoms with van der Waals surface area (Å²) in [5, 5.41) is 0.652. The van der Waals surface area contributed by atoms with E-state index in [-0.39, 0.29) is 11.9 Å². The largest absolute Gasteiger partial charge is 0.374 e. The number of halogens is 1. The summed E-state index contributed by atoms with van der Waals surface area (Å²) < 4.78 is 5.10. The van der Waals surface area contributed by atoms with Crippen molar-refractivity contribution < 1.29 is 9.53 Å². The first-order valence-electron chi connectivity index (χ1n) is 5.39. The van der Waals surface area contributed by atoms with Crippen LogP contribution in [0.1, 0.15) is 24.5 Å². The molecule has 0 aliphatic heterocycles. The van der Waals surface area contributed by atoms with Crippen LogP contribution < -0.4 is 0 Å². The Kier molecular flexibility index (Phi) is 4.97. The average molecular weight is 241 g/mol. The third kappa shape index (κ3) is 3.32. The summed E-state index contributed by atoms with van der Waals surface area (Å²) in [6, 6.07) is 5.73. The molecule has 3 heteroatoms. The van der Waals surface area contributed by atoms with Crippen molar-refractivity contribution >= 4 is 17.4 Å². The van der Waals surface area contributed by atoms with Gasteiger partial charge in [-0.1, -0.05) is 30.7 Å². The number of hydrogen-bond acceptors (Lipinski definition) is 2. The Hall–Kier alpha value is -0.860. The molecule has 0 aromatic heterocycles. The van der Waals surface area contributed by atoms with Crippen LogP contribution in [0.5, 0.6) is 0 Å². The lowest BCUT2D eigenvalue weighted by Crippen LogP contribution is -2.23. The Morgan fingerprint density at radius 1 is 1.50 bits per heavy atom. The lowest BCUT2D eigenvalue weighted by atomic mass is 10.0. The molecule has 0 bridgehead atoms.